The molecule has 1 N–H and O–H groups in total. The molecule has 37 heavy (non-hydrogen) atoms. The molecule has 1 aliphatic rings. The minimum absolute atomic E-state index is 0.0254. The molecule has 1 aliphatic carbocycles. The minimum atomic E-state index is -0.738. The first-order chi connectivity index (χ1) is 17.5. The van der Waals surface area contributed by atoms with Gasteiger partial charge in [0.25, 0.3) is 0 Å². The Morgan fingerprint density at radius 3 is 2.49 bits per heavy atom. The second-order valence-electron chi connectivity index (χ2n) is 11.6. The summed E-state index contributed by atoms with van der Waals surface area (Å²) in [7, 11) is 3.65. The highest BCUT2D eigenvalue weighted by molar-refractivity contribution is 5.72. The van der Waals surface area contributed by atoms with Crippen molar-refractivity contribution in [3.63, 3.8) is 0 Å². The lowest BCUT2D eigenvalue weighted by molar-refractivity contribution is -0.137. The Bertz CT molecular complexity index is 1260. The van der Waals surface area contributed by atoms with Crippen LogP contribution in [0.1, 0.15) is 62.6 Å². The molecule has 1 saturated carbocycles. The van der Waals surface area contributed by atoms with Crippen LogP contribution in [0.3, 0.4) is 0 Å². The Morgan fingerprint density at radius 2 is 1.84 bits per heavy atom. The molecule has 1 unspecified atom stereocenters. The van der Waals surface area contributed by atoms with E-state index >= 15 is 0 Å². The maximum Gasteiger partial charge on any atom is 0.303 e. The highest BCUT2D eigenvalue weighted by Gasteiger charge is 2.33. The van der Waals surface area contributed by atoms with E-state index in [1.807, 2.05) is 18.2 Å². The van der Waals surface area contributed by atoms with Gasteiger partial charge in [-0.2, -0.15) is 0 Å². The third-order valence-electron chi connectivity index (χ3n) is 7.10. The number of nitrogens with zero attached hydrogens (tertiary/aromatic N) is 1. The third-order valence-corrected chi connectivity index (χ3v) is 7.10. The van der Waals surface area contributed by atoms with E-state index in [1.54, 1.807) is 19.2 Å². The van der Waals surface area contributed by atoms with Gasteiger partial charge < -0.3 is 14.7 Å². The van der Waals surface area contributed by atoms with Crippen molar-refractivity contribution in [3.8, 4) is 16.9 Å². The van der Waals surface area contributed by atoms with Crippen molar-refractivity contribution in [2.24, 2.45) is 11.3 Å². The van der Waals surface area contributed by atoms with Crippen molar-refractivity contribution in [1.29, 1.82) is 0 Å². The third kappa shape index (κ3) is 6.91. The van der Waals surface area contributed by atoms with Crippen molar-refractivity contribution in [2.45, 2.75) is 58.9 Å². The van der Waals surface area contributed by atoms with Crippen molar-refractivity contribution in [2.75, 3.05) is 19.1 Å². The summed E-state index contributed by atoms with van der Waals surface area (Å²) in [6, 6.07) is 19.5. The number of hydrogen-bond acceptors (Lipinski definition) is 3. The summed E-state index contributed by atoms with van der Waals surface area (Å²) >= 11 is 0. The van der Waals surface area contributed by atoms with E-state index in [4.69, 9.17) is 4.74 Å². The average Bonchev–Trinajstić information content (AvgIpc) is 3.67. The first kappa shape index (κ1) is 26.7. The molecule has 3 aromatic rings. The van der Waals surface area contributed by atoms with Crippen LogP contribution in [0.2, 0.25) is 0 Å². The normalized spacial score (nSPS) is 14.3. The number of rotatable bonds is 10. The van der Waals surface area contributed by atoms with Gasteiger partial charge in [0.2, 0.25) is 0 Å². The summed E-state index contributed by atoms with van der Waals surface area (Å²) < 4.78 is 20.3. The molecule has 0 saturated heterocycles. The van der Waals surface area contributed by atoms with E-state index in [0.29, 0.717) is 23.8 Å². The van der Waals surface area contributed by atoms with Gasteiger partial charge in [0, 0.05) is 24.8 Å². The number of benzene rings is 3. The minimum Gasteiger partial charge on any atom is -0.497 e. The van der Waals surface area contributed by atoms with E-state index in [-0.39, 0.29) is 23.6 Å². The summed E-state index contributed by atoms with van der Waals surface area (Å²) in [5.74, 6) is 0.192. The topological polar surface area (TPSA) is 49.8 Å². The van der Waals surface area contributed by atoms with E-state index in [2.05, 4.69) is 57.0 Å². The van der Waals surface area contributed by atoms with E-state index in [0.717, 1.165) is 47.2 Å². The van der Waals surface area contributed by atoms with Crippen molar-refractivity contribution in [3.05, 3.63) is 83.2 Å². The predicted octanol–water partition coefficient (Wildman–Crippen LogP) is 7.69. The lowest BCUT2D eigenvalue weighted by atomic mass is 9.84. The molecule has 0 spiro atoms. The van der Waals surface area contributed by atoms with Crippen LogP contribution in [-0.4, -0.2) is 25.2 Å². The number of carboxylic acid groups (broad SMARTS) is 1. The number of hydrogen-bond donors (Lipinski definition) is 1. The Balaban J connectivity index is 1.62. The molecule has 1 fully saturated rings. The molecule has 5 heteroatoms. The molecule has 196 valence electrons. The lowest BCUT2D eigenvalue weighted by Gasteiger charge is -2.25. The molecule has 0 radical (unpaired) electrons. The second kappa shape index (κ2) is 11.0. The SMILES string of the molecule is COc1ccc(F)c(-c2ccc(N(C)Cc3cccc(C(CC(=O)O)C4CC4)c3)cc2CC(C)(C)C)c1. The summed E-state index contributed by atoms with van der Waals surface area (Å²) in [6.45, 7) is 7.26. The van der Waals surface area contributed by atoms with Crippen LogP contribution in [0.25, 0.3) is 11.1 Å². The standard InChI is InChI=1S/C32H38FNO3/c1-32(2,3)19-24-16-25(11-13-27(24)29-17-26(37-5)12-14-30(29)33)34(4)20-21-7-6-8-23(15-21)28(18-31(35)36)22-9-10-22/h6-8,11-17,22,28H,9-10,18-20H2,1-5H3,(H,35,36). The highest BCUT2D eigenvalue weighted by atomic mass is 19.1. The summed E-state index contributed by atoms with van der Waals surface area (Å²) in [5.41, 5.74) is 5.87. The molecule has 0 aliphatic heterocycles. The monoisotopic (exact) mass is 503 g/mol. The molecule has 4 nitrogen and oxygen atoms in total. The molecule has 0 heterocycles. The number of methoxy groups -OCH3 is 1. The molecular weight excluding hydrogens is 465 g/mol. The summed E-state index contributed by atoms with van der Waals surface area (Å²) in [6.07, 6.45) is 3.20. The highest BCUT2D eigenvalue weighted by Crippen LogP contribution is 2.44. The Kier molecular flexibility index (Phi) is 7.91. The van der Waals surface area contributed by atoms with Gasteiger partial charge in [-0.15, -0.1) is 0 Å². The largest absolute Gasteiger partial charge is 0.497 e. The number of halogens is 1. The van der Waals surface area contributed by atoms with Gasteiger partial charge in [-0.1, -0.05) is 51.1 Å². The van der Waals surface area contributed by atoms with Gasteiger partial charge in [-0.05, 0) is 89.1 Å². The molecular formula is C32H38FNO3. The zero-order chi connectivity index (χ0) is 26.7. The van der Waals surface area contributed by atoms with Gasteiger partial charge in [-0.3, -0.25) is 4.79 Å². The molecule has 1 atom stereocenters. The van der Waals surface area contributed by atoms with Gasteiger partial charge in [0.15, 0.2) is 0 Å². The van der Waals surface area contributed by atoms with Crippen LogP contribution in [0.15, 0.2) is 60.7 Å². The van der Waals surface area contributed by atoms with Gasteiger partial charge in [0.1, 0.15) is 11.6 Å². The number of aliphatic carboxylic acids is 1. The van der Waals surface area contributed by atoms with Crippen molar-refractivity contribution in [1.82, 2.24) is 0 Å². The van der Waals surface area contributed by atoms with Crippen LogP contribution < -0.4 is 9.64 Å². The molecule has 3 aromatic carbocycles. The van der Waals surface area contributed by atoms with Crippen LogP contribution in [0.5, 0.6) is 5.75 Å². The molecule has 0 aromatic heterocycles. The van der Waals surface area contributed by atoms with Gasteiger partial charge >= 0.3 is 5.97 Å². The number of carboxylic acids is 1. The summed E-state index contributed by atoms with van der Waals surface area (Å²) in [4.78, 5) is 13.6. The van der Waals surface area contributed by atoms with Crippen molar-refractivity contribution < 1.29 is 19.0 Å². The lowest BCUT2D eigenvalue weighted by Crippen LogP contribution is -2.18. The Labute approximate surface area is 220 Å². The van der Waals surface area contributed by atoms with E-state index in [9.17, 15) is 14.3 Å². The Hall–Kier alpha value is -3.34. The fraction of sp³-hybridized carbons (Fsp3) is 0.406. The maximum absolute atomic E-state index is 14.9. The fourth-order valence-electron chi connectivity index (χ4n) is 5.17. The van der Waals surface area contributed by atoms with Crippen LogP contribution in [0, 0.1) is 17.2 Å². The van der Waals surface area contributed by atoms with Crippen LogP contribution in [-0.2, 0) is 17.8 Å². The fourth-order valence-corrected chi connectivity index (χ4v) is 5.17. The number of carbonyl (C=O) groups is 1. The van der Waals surface area contributed by atoms with E-state index in [1.165, 1.54) is 6.07 Å². The van der Waals surface area contributed by atoms with Crippen molar-refractivity contribution >= 4 is 11.7 Å². The zero-order valence-electron chi connectivity index (χ0n) is 22.6. The van der Waals surface area contributed by atoms with E-state index < -0.39 is 5.97 Å². The average molecular weight is 504 g/mol. The second-order valence-corrected chi connectivity index (χ2v) is 11.6. The number of ether oxygens (including phenoxy) is 1. The predicted molar refractivity (Wildman–Crippen MR) is 148 cm³/mol. The number of anilines is 1. The maximum atomic E-state index is 14.9. The summed E-state index contributed by atoms with van der Waals surface area (Å²) in [5, 5.41) is 9.40. The van der Waals surface area contributed by atoms with Gasteiger partial charge in [0.05, 0.1) is 13.5 Å². The molecule has 0 amide bonds. The zero-order valence-corrected chi connectivity index (χ0v) is 22.6. The van der Waals surface area contributed by atoms with Crippen LogP contribution >= 0.6 is 0 Å². The first-order valence-electron chi connectivity index (χ1n) is 13.0. The molecule has 0 bridgehead atoms. The quantitative estimate of drug-likeness (QED) is 0.308. The Morgan fingerprint density at radius 1 is 1.08 bits per heavy atom. The van der Waals surface area contributed by atoms with Crippen LogP contribution in [0.4, 0.5) is 10.1 Å². The smallest absolute Gasteiger partial charge is 0.303 e. The van der Waals surface area contributed by atoms with Gasteiger partial charge in [-0.25, -0.2) is 4.39 Å². The first-order valence-corrected chi connectivity index (χ1v) is 13.0. The molecule has 4 rings (SSSR count).